The summed E-state index contributed by atoms with van der Waals surface area (Å²) in [4.78, 5) is 14.5. The fourth-order valence-corrected chi connectivity index (χ4v) is 5.77. The average molecular weight is 625 g/mol. The van der Waals surface area contributed by atoms with E-state index in [1.54, 1.807) is 13.4 Å². The summed E-state index contributed by atoms with van der Waals surface area (Å²) in [5.41, 5.74) is 4.67. The molecule has 212 valence electrons. The molecule has 6 nitrogen and oxygen atoms in total. The topological polar surface area (TPSA) is 58.9 Å². The zero-order valence-electron chi connectivity index (χ0n) is 23.2. The number of methoxy groups -OCH3 is 1. The van der Waals surface area contributed by atoms with Gasteiger partial charge in [-0.15, -0.1) is 0 Å². The van der Waals surface area contributed by atoms with Crippen LogP contribution < -0.4 is 10.3 Å². The number of benzene rings is 4. The fraction of sp³-hybridized carbons (Fsp3) is 0.171. The van der Waals surface area contributed by atoms with Crippen molar-refractivity contribution in [2.75, 3.05) is 13.9 Å². The van der Waals surface area contributed by atoms with Gasteiger partial charge in [0, 0.05) is 21.8 Å². The maximum absolute atomic E-state index is 14.5. The monoisotopic (exact) mass is 623 g/mol. The molecule has 5 aromatic rings. The lowest BCUT2D eigenvalue weighted by atomic mass is 9.95. The van der Waals surface area contributed by atoms with Crippen LogP contribution in [0.5, 0.6) is 5.75 Å². The van der Waals surface area contributed by atoms with Gasteiger partial charge in [0.15, 0.2) is 5.76 Å². The fourth-order valence-electron chi connectivity index (χ4n) is 5.41. The standard InChI is InChI=1S/C35H30BrNO5/c1-39-28-15-12-25(13-16-28)20-40-21-32-34(26-10-6-3-7-11-26)30-19-27(36)14-17-29(30)35(38)37(32)31(33-22-41-23-42-33)18-24-8-4-2-5-9-24/h2-17,19,22,31H,18,20-21,23H2,1H3. The van der Waals surface area contributed by atoms with E-state index in [-0.39, 0.29) is 19.0 Å². The zero-order valence-corrected chi connectivity index (χ0v) is 24.8. The molecule has 7 heteroatoms. The third kappa shape index (κ3) is 5.84. The van der Waals surface area contributed by atoms with Crippen molar-refractivity contribution in [2.45, 2.75) is 25.7 Å². The van der Waals surface area contributed by atoms with Gasteiger partial charge in [-0.2, -0.15) is 0 Å². The van der Waals surface area contributed by atoms with Crippen LogP contribution in [0.3, 0.4) is 0 Å². The van der Waals surface area contributed by atoms with Crippen LogP contribution in [-0.4, -0.2) is 18.5 Å². The molecule has 4 aromatic carbocycles. The molecule has 0 bridgehead atoms. The molecule has 0 spiro atoms. The van der Waals surface area contributed by atoms with Crippen molar-refractivity contribution >= 4 is 26.7 Å². The maximum atomic E-state index is 14.5. The molecule has 1 unspecified atom stereocenters. The zero-order chi connectivity index (χ0) is 28.9. The highest BCUT2D eigenvalue weighted by atomic mass is 79.9. The number of hydrogen-bond acceptors (Lipinski definition) is 5. The molecule has 42 heavy (non-hydrogen) atoms. The van der Waals surface area contributed by atoms with Crippen LogP contribution in [0.25, 0.3) is 21.9 Å². The van der Waals surface area contributed by atoms with Gasteiger partial charge >= 0.3 is 0 Å². The Balaban J connectivity index is 1.55. The van der Waals surface area contributed by atoms with Gasteiger partial charge in [0.2, 0.25) is 6.79 Å². The predicted molar refractivity (Wildman–Crippen MR) is 167 cm³/mol. The molecule has 0 saturated carbocycles. The Morgan fingerprint density at radius 3 is 2.29 bits per heavy atom. The number of aromatic nitrogens is 1. The summed E-state index contributed by atoms with van der Waals surface area (Å²) in [6, 6.07) is 33.4. The van der Waals surface area contributed by atoms with Crippen molar-refractivity contribution in [3.8, 4) is 16.9 Å². The van der Waals surface area contributed by atoms with Crippen molar-refractivity contribution in [3.63, 3.8) is 0 Å². The third-order valence-corrected chi connectivity index (χ3v) is 7.91. The summed E-state index contributed by atoms with van der Waals surface area (Å²) < 4.78 is 25.9. The van der Waals surface area contributed by atoms with Crippen molar-refractivity contribution < 1.29 is 18.9 Å². The normalized spacial score (nSPS) is 13.3. The lowest BCUT2D eigenvalue weighted by molar-refractivity contribution is 0.0688. The number of hydrogen-bond donors (Lipinski definition) is 0. The van der Waals surface area contributed by atoms with E-state index in [4.69, 9.17) is 18.9 Å². The third-order valence-electron chi connectivity index (χ3n) is 7.41. The summed E-state index contributed by atoms with van der Waals surface area (Å²) in [7, 11) is 1.65. The van der Waals surface area contributed by atoms with E-state index in [1.165, 1.54) is 0 Å². The van der Waals surface area contributed by atoms with Gasteiger partial charge in [-0.05, 0) is 52.4 Å². The average Bonchev–Trinajstić information content (AvgIpc) is 3.57. The van der Waals surface area contributed by atoms with Crippen molar-refractivity contribution in [1.82, 2.24) is 4.57 Å². The number of fused-ring (bicyclic) bond motifs is 1. The molecule has 1 aliphatic heterocycles. The largest absolute Gasteiger partial charge is 0.497 e. The van der Waals surface area contributed by atoms with Gasteiger partial charge in [-0.3, -0.25) is 9.36 Å². The highest BCUT2D eigenvalue weighted by molar-refractivity contribution is 9.10. The Hall–Kier alpha value is -4.33. The Kier molecular flexibility index (Phi) is 8.40. The van der Waals surface area contributed by atoms with E-state index in [0.29, 0.717) is 24.2 Å². The first kappa shape index (κ1) is 27.8. The Labute approximate surface area is 252 Å². The van der Waals surface area contributed by atoms with Crippen LogP contribution in [0.15, 0.2) is 124 Å². The van der Waals surface area contributed by atoms with Crippen molar-refractivity contribution in [3.05, 3.63) is 147 Å². The summed E-state index contributed by atoms with van der Waals surface area (Å²) in [6.45, 7) is 0.687. The lowest BCUT2D eigenvalue weighted by Gasteiger charge is -2.27. The second kappa shape index (κ2) is 12.7. The molecule has 0 radical (unpaired) electrons. The van der Waals surface area contributed by atoms with Crippen LogP contribution in [-0.2, 0) is 33.8 Å². The van der Waals surface area contributed by atoms with E-state index in [1.807, 2.05) is 83.4 Å². The van der Waals surface area contributed by atoms with Gasteiger partial charge in [0.05, 0.1) is 26.0 Å². The first-order valence-corrected chi connectivity index (χ1v) is 14.5. The second-order valence-corrected chi connectivity index (χ2v) is 11.0. The summed E-state index contributed by atoms with van der Waals surface area (Å²) in [5, 5.41) is 1.48. The molecule has 0 fully saturated rings. The van der Waals surface area contributed by atoms with E-state index in [9.17, 15) is 4.79 Å². The maximum Gasteiger partial charge on any atom is 0.259 e. The van der Waals surface area contributed by atoms with E-state index in [2.05, 4.69) is 40.2 Å². The number of allylic oxidation sites excluding steroid dienone is 1. The molecule has 6 rings (SSSR count). The number of pyridine rings is 1. The van der Waals surface area contributed by atoms with Crippen molar-refractivity contribution in [2.24, 2.45) is 0 Å². The molecular formula is C35H30BrNO5. The molecule has 2 heterocycles. The summed E-state index contributed by atoms with van der Waals surface area (Å²) in [6.07, 6.45) is 2.16. The van der Waals surface area contributed by atoms with Gasteiger partial charge < -0.3 is 18.9 Å². The minimum absolute atomic E-state index is 0.113. The number of ether oxygens (including phenoxy) is 4. The minimum atomic E-state index is -0.447. The summed E-state index contributed by atoms with van der Waals surface area (Å²) in [5.74, 6) is 1.39. The van der Waals surface area contributed by atoms with Crippen LogP contribution in [0.2, 0.25) is 0 Å². The lowest BCUT2D eigenvalue weighted by Crippen LogP contribution is -2.32. The van der Waals surface area contributed by atoms with Gasteiger partial charge in [0.25, 0.3) is 5.56 Å². The number of halogens is 1. The minimum Gasteiger partial charge on any atom is -0.497 e. The van der Waals surface area contributed by atoms with E-state index < -0.39 is 6.04 Å². The van der Waals surface area contributed by atoms with Crippen LogP contribution >= 0.6 is 15.9 Å². The van der Waals surface area contributed by atoms with Gasteiger partial charge in [-0.1, -0.05) is 88.7 Å². The smallest absolute Gasteiger partial charge is 0.259 e. The molecule has 1 aromatic heterocycles. The van der Waals surface area contributed by atoms with Gasteiger partial charge in [0.1, 0.15) is 18.1 Å². The quantitative estimate of drug-likeness (QED) is 0.159. The number of nitrogens with zero attached hydrogens (tertiary/aromatic N) is 1. The Morgan fingerprint density at radius 1 is 0.857 bits per heavy atom. The summed E-state index contributed by atoms with van der Waals surface area (Å²) >= 11 is 3.63. The molecule has 0 amide bonds. The highest BCUT2D eigenvalue weighted by Crippen LogP contribution is 2.36. The molecule has 0 aliphatic carbocycles. The first-order chi connectivity index (χ1) is 20.6. The first-order valence-electron chi connectivity index (χ1n) is 13.7. The van der Waals surface area contributed by atoms with Crippen LogP contribution in [0.4, 0.5) is 0 Å². The molecular weight excluding hydrogens is 594 g/mol. The molecule has 0 N–H and O–H groups in total. The SMILES string of the molecule is COc1ccc(COCc2c(-c3ccccc3)c3cc(Br)ccc3c(=O)n2C(Cc2ccccc2)C2=COCO2)cc1. The van der Waals surface area contributed by atoms with Crippen molar-refractivity contribution in [1.29, 1.82) is 0 Å². The van der Waals surface area contributed by atoms with E-state index >= 15 is 0 Å². The number of rotatable bonds is 10. The molecule has 1 atom stereocenters. The van der Waals surface area contributed by atoms with Crippen LogP contribution in [0.1, 0.15) is 22.9 Å². The highest BCUT2D eigenvalue weighted by Gasteiger charge is 2.29. The molecule has 0 saturated heterocycles. The Bertz CT molecular complexity index is 1770. The van der Waals surface area contributed by atoms with Crippen LogP contribution in [0, 0.1) is 0 Å². The molecule has 1 aliphatic rings. The Morgan fingerprint density at radius 2 is 1.60 bits per heavy atom. The second-order valence-electron chi connectivity index (χ2n) is 10.0. The van der Waals surface area contributed by atoms with Gasteiger partial charge in [-0.25, -0.2) is 0 Å². The van der Waals surface area contributed by atoms with E-state index in [0.717, 1.165) is 43.6 Å². The predicted octanol–water partition coefficient (Wildman–Crippen LogP) is 7.79.